The summed E-state index contributed by atoms with van der Waals surface area (Å²) in [6.45, 7) is 5.89. The Morgan fingerprint density at radius 3 is 2.59 bits per heavy atom. The van der Waals surface area contributed by atoms with Gasteiger partial charge in [-0.3, -0.25) is 9.67 Å². The number of rotatable bonds is 7. The maximum Gasteiger partial charge on any atom is 0.261 e. The molecule has 3 N–H and O–H groups in total. The summed E-state index contributed by atoms with van der Waals surface area (Å²) >= 11 is 0. The molecule has 176 valence electrons. The van der Waals surface area contributed by atoms with Crippen LogP contribution in [0.1, 0.15) is 45.0 Å². The SMILES string of the molecule is CC(C)(O)Cn1cc(-c2nc([C@](C)(c3ccc(-c4cnc(N)c(F)c4)nc3)C3CC3)no2)cn1. The molecule has 0 aliphatic heterocycles. The first-order valence-electron chi connectivity index (χ1n) is 11.1. The number of anilines is 1. The Balaban J connectivity index is 1.44. The number of nitrogen functional groups attached to an aromatic ring is 1. The minimum atomic E-state index is -0.888. The van der Waals surface area contributed by atoms with Crippen molar-refractivity contribution in [2.45, 2.75) is 51.2 Å². The molecule has 4 aromatic heterocycles. The van der Waals surface area contributed by atoms with Gasteiger partial charge in [-0.05, 0) is 57.2 Å². The van der Waals surface area contributed by atoms with Crippen LogP contribution >= 0.6 is 0 Å². The van der Waals surface area contributed by atoms with E-state index in [1.54, 1.807) is 37.1 Å². The lowest BCUT2D eigenvalue weighted by atomic mass is 9.77. The van der Waals surface area contributed by atoms with Crippen LogP contribution in [0.4, 0.5) is 10.2 Å². The molecule has 10 heteroatoms. The first kappa shape index (κ1) is 22.1. The van der Waals surface area contributed by atoms with Crippen molar-refractivity contribution in [2.24, 2.45) is 5.92 Å². The number of nitrogens with two attached hydrogens (primary N) is 1. The summed E-state index contributed by atoms with van der Waals surface area (Å²) < 4.78 is 21.1. The van der Waals surface area contributed by atoms with Gasteiger partial charge in [0, 0.05) is 24.2 Å². The van der Waals surface area contributed by atoms with Crippen LogP contribution in [0.3, 0.4) is 0 Å². The van der Waals surface area contributed by atoms with Gasteiger partial charge in [0.2, 0.25) is 0 Å². The van der Waals surface area contributed by atoms with Crippen molar-refractivity contribution in [3.8, 4) is 22.7 Å². The topological polar surface area (TPSA) is 129 Å². The molecule has 1 aliphatic carbocycles. The molecule has 0 amide bonds. The summed E-state index contributed by atoms with van der Waals surface area (Å²) in [5, 5.41) is 18.6. The van der Waals surface area contributed by atoms with Gasteiger partial charge in [0.25, 0.3) is 5.89 Å². The van der Waals surface area contributed by atoms with E-state index < -0.39 is 16.8 Å². The van der Waals surface area contributed by atoms with Gasteiger partial charge in [0.05, 0.1) is 35.0 Å². The van der Waals surface area contributed by atoms with Crippen molar-refractivity contribution in [3.63, 3.8) is 0 Å². The smallest absolute Gasteiger partial charge is 0.261 e. The maximum absolute atomic E-state index is 13.8. The molecule has 0 aromatic carbocycles. The zero-order chi connectivity index (χ0) is 24.1. The summed E-state index contributed by atoms with van der Waals surface area (Å²) in [7, 11) is 0. The third-order valence-corrected chi connectivity index (χ3v) is 6.24. The second kappa shape index (κ2) is 7.98. The molecule has 0 radical (unpaired) electrons. The molecular formula is C24H26FN7O2. The first-order chi connectivity index (χ1) is 16.1. The number of nitrogens with zero attached hydrogens (tertiary/aromatic N) is 6. The largest absolute Gasteiger partial charge is 0.389 e. The highest BCUT2D eigenvalue weighted by atomic mass is 19.1. The van der Waals surface area contributed by atoms with Crippen molar-refractivity contribution < 1.29 is 14.0 Å². The molecule has 4 heterocycles. The molecule has 0 unspecified atom stereocenters. The van der Waals surface area contributed by atoms with Gasteiger partial charge >= 0.3 is 0 Å². The van der Waals surface area contributed by atoms with Crippen LogP contribution in [-0.4, -0.2) is 40.6 Å². The highest BCUT2D eigenvalue weighted by Gasteiger charge is 2.47. The molecule has 0 bridgehead atoms. The molecule has 5 rings (SSSR count). The van der Waals surface area contributed by atoms with Gasteiger partial charge in [0.15, 0.2) is 17.5 Å². The average molecular weight is 464 g/mol. The normalized spacial score (nSPS) is 15.9. The zero-order valence-corrected chi connectivity index (χ0v) is 19.2. The van der Waals surface area contributed by atoms with E-state index in [0.29, 0.717) is 41.0 Å². The molecule has 1 atom stereocenters. The second-order valence-electron chi connectivity index (χ2n) is 9.66. The Labute approximate surface area is 195 Å². The Morgan fingerprint density at radius 2 is 1.94 bits per heavy atom. The number of hydrogen-bond acceptors (Lipinski definition) is 8. The van der Waals surface area contributed by atoms with E-state index in [1.165, 1.54) is 12.3 Å². The van der Waals surface area contributed by atoms with E-state index in [9.17, 15) is 9.50 Å². The lowest BCUT2D eigenvalue weighted by molar-refractivity contribution is 0.0577. The Bertz CT molecular complexity index is 1320. The van der Waals surface area contributed by atoms with E-state index in [4.69, 9.17) is 15.2 Å². The van der Waals surface area contributed by atoms with Crippen LogP contribution in [0, 0.1) is 11.7 Å². The van der Waals surface area contributed by atoms with E-state index >= 15 is 0 Å². The zero-order valence-electron chi connectivity index (χ0n) is 19.2. The Morgan fingerprint density at radius 1 is 1.15 bits per heavy atom. The first-order valence-corrected chi connectivity index (χ1v) is 11.1. The molecule has 1 saturated carbocycles. The van der Waals surface area contributed by atoms with Gasteiger partial charge in [-0.15, -0.1) is 0 Å². The third-order valence-electron chi connectivity index (χ3n) is 6.24. The summed E-state index contributed by atoms with van der Waals surface area (Å²) in [5.41, 5.74) is 6.90. The number of aromatic nitrogens is 6. The minimum absolute atomic E-state index is 0.139. The molecule has 9 nitrogen and oxygen atoms in total. The van der Waals surface area contributed by atoms with Crippen LogP contribution in [0.15, 0.2) is 47.5 Å². The standard InChI is InChI=1S/C24H26FN7O2/c1-23(2,33)13-32-12-15(10-29-32)21-30-22(31-34-21)24(3,16-4-5-16)17-6-7-19(27-11-17)14-8-18(25)20(26)28-9-14/h6-12,16,33H,4-5,13H2,1-3H3,(H2,26,28)/t24-/m0/s1. The van der Waals surface area contributed by atoms with Crippen molar-refractivity contribution in [2.75, 3.05) is 5.73 Å². The second-order valence-corrected chi connectivity index (χ2v) is 9.66. The van der Waals surface area contributed by atoms with Crippen LogP contribution in [-0.2, 0) is 12.0 Å². The summed E-state index contributed by atoms with van der Waals surface area (Å²) in [6, 6.07) is 5.13. The van der Waals surface area contributed by atoms with E-state index in [-0.39, 0.29) is 5.82 Å². The molecule has 0 saturated heterocycles. The fourth-order valence-corrected chi connectivity index (χ4v) is 4.18. The van der Waals surface area contributed by atoms with Crippen LogP contribution in [0.5, 0.6) is 0 Å². The van der Waals surface area contributed by atoms with E-state index in [1.807, 2.05) is 12.1 Å². The van der Waals surface area contributed by atoms with Gasteiger partial charge in [-0.2, -0.15) is 10.1 Å². The maximum atomic E-state index is 13.8. The van der Waals surface area contributed by atoms with Crippen molar-refractivity contribution in [3.05, 3.63) is 60.2 Å². The van der Waals surface area contributed by atoms with E-state index in [0.717, 1.165) is 18.4 Å². The molecule has 4 aromatic rings. The lowest BCUT2D eigenvalue weighted by Gasteiger charge is -2.26. The van der Waals surface area contributed by atoms with Crippen LogP contribution in [0.2, 0.25) is 0 Å². The average Bonchev–Trinajstić information content (AvgIpc) is 3.36. The number of hydrogen-bond donors (Lipinski definition) is 2. The third kappa shape index (κ3) is 4.16. The van der Waals surface area contributed by atoms with Gasteiger partial charge in [0.1, 0.15) is 0 Å². The molecule has 1 fully saturated rings. The fraction of sp³-hybridized carbons (Fsp3) is 0.375. The van der Waals surface area contributed by atoms with Gasteiger partial charge < -0.3 is 15.4 Å². The van der Waals surface area contributed by atoms with Gasteiger partial charge in [-0.1, -0.05) is 11.2 Å². The highest BCUT2D eigenvalue weighted by molar-refractivity contribution is 5.60. The quantitative estimate of drug-likeness (QED) is 0.425. The molecule has 0 spiro atoms. The lowest BCUT2D eigenvalue weighted by Crippen LogP contribution is -2.28. The van der Waals surface area contributed by atoms with Crippen molar-refractivity contribution in [1.29, 1.82) is 0 Å². The fourth-order valence-electron chi connectivity index (χ4n) is 4.18. The Kier molecular flexibility index (Phi) is 5.20. The summed E-state index contributed by atoms with van der Waals surface area (Å²) in [4.78, 5) is 13.1. The molecule has 34 heavy (non-hydrogen) atoms. The number of halogens is 1. The van der Waals surface area contributed by atoms with Crippen LogP contribution < -0.4 is 5.73 Å². The number of pyridine rings is 2. The highest BCUT2D eigenvalue weighted by Crippen LogP contribution is 2.50. The Hall–Kier alpha value is -3.66. The summed E-state index contributed by atoms with van der Waals surface area (Å²) in [5.74, 6) is 0.600. The summed E-state index contributed by atoms with van der Waals surface area (Å²) in [6.07, 6.45) is 8.81. The van der Waals surface area contributed by atoms with E-state index in [2.05, 4.69) is 27.1 Å². The minimum Gasteiger partial charge on any atom is -0.389 e. The monoisotopic (exact) mass is 463 g/mol. The van der Waals surface area contributed by atoms with Gasteiger partial charge in [-0.25, -0.2) is 9.37 Å². The number of aliphatic hydroxyl groups is 1. The predicted molar refractivity (Wildman–Crippen MR) is 123 cm³/mol. The van der Waals surface area contributed by atoms with Crippen molar-refractivity contribution >= 4 is 5.82 Å². The van der Waals surface area contributed by atoms with Crippen molar-refractivity contribution in [1.82, 2.24) is 29.9 Å². The predicted octanol–water partition coefficient (Wildman–Crippen LogP) is 3.60. The molecule has 1 aliphatic rings. The van der Waals surface area contributed by atoms with Crippen LogP contribution in [0.25, 0.3) is 22.7 Å². The molecular weight excluding hydrogens is 437 g/mol.